The number of nitrogens with zero attached hydrogens (tertiary/aromatic N) is 4. The van der Waals surface area contributed by atoms with Gasteiger partial charge in [0.2, 0.25) is 5.88 Å². The number of carbonyl (C=O) groups excluding carboxylic acids is 1. The predicted octanol–water partition coefficient (Wildman–Crippen LogP) is 4.85. The van der Waals surface area contributed by atoms with Gasteiger partial charge in [-0.2, -0.15) is 5.10 Å². The van der Waals surface area contributed by atoms with Gasteiger partial charge in [0.15, 0.2) is 0 Å². The van der Waals surface area contributed by atoms with Crippen LogP contribution in [0.3, 0.4) is 0 Å². The zero-order valence-corrected chi connectivity index (χ0v) is 18.0. The molecule has 2 heterocycles. The van der Waals surface area contributed by atoms with E-state index in [9.17, 15) is 9.18 Å². The van der Waals surface area contributed by atoms with E-state index in [2.05, 4.69) is 36.3 Å². The quantitative estimate of drug-likeness (QED) is 0.425. The summed E-state index contributed by atoms with van der Waals surface area (Å²) in [5.74, 6) is -0.261. The van der Waals surface area contributed by atoms with Crippen LogP contribution in [0.4, 0.5) is 4.39 Å². The Balaban J connectivity index is 1.49. The first-order valence-corrected chi connectivity index (χ1v) is 10.1. The van der Waals surface area contributed by atoms with Crippen LogP contribution in [-0.2, 0) is 0 Å². The van der Waals surface area contributed by atoms with Gasteiger partial charge in [0.05, 0.1) is 16.2 Å². The van der Waals surface area contributed by atoms with Crippen molar-refractivity contribution in [3.63, 3.8) is 0 Å². The third-order valence-corrected chi connectivity index (χ3v) is 5.16. The van der Waals surface area contributed by atoms with Gasteiger partial charge in [0, 0.05) is 6.20 Å². The smallest absolute Gasteiger partial charge is 0.257 e. The van der Waals surface area contributed by atoms with Gasteiger partial charge in [-0.1, -0.05) is 12.1 Å². The molecule has 1 N–H and O–H groups in total. The molecule has 0 saturated heterocycles. The van der Waals surface area contributed by atoms with Crippen LogP contribution in [0, 0.1) is 5.82 Å². The van der Waals surface area contributed by atoms with Crippen molar-refractivity contribution >= 4 is 21.8 Å². The van der Waals surface area contributed by atoms with E-state index < -0.39 is 5.82 Å². The number of hydrogen-bond donors (Lipinski definition) is 1. The highest BCUT2D eigenvalue weighted by Gasteiger charge is 2.18. The Kier molecular flexibility index (Phi) is 6.03. The molecule has 4 rings (SSSR count). The van der Waals surface area contributed by atoms with Crippen molar-refractivity contribution in [2.24, 2.45) is 0 Å². The van der Waals surface area contributed by atoms with Crippen LogP contribution in [0.1, 0.15) is 28.9 Å². The Bertz CT molecular complexity index is 1200. The van der Waals surface area contributed by atoms with Crippen LogP contribution < -0.4 is 10.1 Å². The van der Waals surface area contributed by atoms with Gasteiger partial charge in [-0.25, -0.2) is 19.0 Å². The highest BCUT2D eigenvalue weighted by Crippen LogP contribution is 2.31. The van der Waals surface area contributed by atoms with E-state index in [0.29, 0.717) is 10.2 Å². The highest BCUT2D eigenvalue weighted by molar-refractivity contribution is 9.10. The number of pyridine rings is 1. The van der Waals surface area contributed by atoms with Crippen LogP contribution in [-0.4, -0.2) is 25.7 Å². The number of carbonyl (C=O) groups is 1. The van der Waals surface area contributed by atoms with E-state index in [1.807, 2.05) is 31.2 Å². The maximum atomic E-state index is 13.3. The zero-order valence-electron chi connectivity index (χ0n) is 16.4. The number of aromatic nitrogens is 4. The minimum absolute atomic E-state index is 0.126. The lowest BCUT2D eigenvalue weighted by Crippen LogP contribution is -2.27. The molecule has 0 spiro atoms. The molecule has 0 bridgehead atoms. The average molecular weight is 482 g/mol. The van der Waals surface area contributed by atoms with Crippen molar-refractivity contribution in [1.82, 2.24) is 25.1 Å². The lowest BCUT2D eigenvalue weighted by Gasteiger charge is -2.16. The van der Waals surface area contributed by atoms with E-state index in [0.717, 1.165) is 11.3 Å². The summed E-state index contributed by atoms with van der Waals surface area (Å²) in [6.07, 6.45) is 4.61. The van der Waals surface area contributed by atoms with Crippen LogP contribution in [0.5, 0.6) is 11.6 Å². The lowest BCUT2D eigenvalue weighted by atomic mass is 10.1. The molecular formula is C22H17BrFN5O2. The van der Waals surface area contributed by atoms with Crippen LogP contribution in [0.15, 0.2) is 77.9 Å². The first kappa shape index (κ1) is 20.7. The van der Waals surface area contributed by atoms with Crippen molar-refractivity contribution in [2.75, 3.05) is 0 Å². The number of halogens is 2. The Morgan fingerprint density at radius 1 is 1.19 bits per heavy atom. The molecule has 4 aromatic rings. The molecule has 9 heteroatoms. The highest BCUT2D eigenvalue weighted by atomic mass is 79.9. The topological polar surface area (TPSA) is 81.9 Å². The maximum absolute atomic E-state index is 13.3. The van der Waals surface area contributed by atoms with Gasteiger partial charge >= 0.3 is 0 Å². The maximum Gasteiger partial charge on any atom is 0.257 e. The molecule has 0 fully saturated rings. The fraction of sp³-hybridized carbons (Fsp3) is 0.0909. The predicted molar refractivity (Wildman–Crippen MR) is 116 cm³/mol. The molecule has 2 aromatic carbocycles. The molecule has 1 unspecified atom stereocenters. The molecule has 0 aliphatic heterocycles. The summed E-state index contributed by atoms with van der Waals surface area (Å²) in [6, 6.07) is 14.7. The molecule has 0 saturated carbocycles. The zero-order chi connectivity index (χ0) is 21.8. The Morgan fingerprint density at radius 3 is 2.71 bits per heavy atom. The van der Waals surface area contributed by atoms with E-state index in [-0.39, 0.29) is 23.4 Å². The second-order valence-corrected chi connectivity index (χ2v) is 7.51. The Morgan fingerprint density at radius 2 is 2.00 bits per heavy atom. The molecule has 0 aliphatic rings. The average Bonchev–Trinajstić information content (AvgIpc) is 3.31. The first-order chi connectivity index (χ1) is 15.0. The van der Waals surface area contributed by atoms with E-state index >= 15 is 0 Å². The second kappa shape index (κ2) is 9.05. The third-order valence-electron chi connectivity index (χ3n) is 4.54. The molecule has 0 radical (unpaired) electrons. The first-order valence-electron chi connectivity index (χ1n) is 9.35. The summed E-state index contributed by atoms with van der Waals surface area (Å²) in [4.78, 5) is 21.0. The minimum atomic E-state index is -0.401. The number of ether oxygens (including phenoxy) is 1. The summed E-state index contributed by atoms with van der Waals surface area (Å²) >= 11 is 3.25. The monoisotopic (exact) mass is 481 g/mol. The van der Waals surface area contributed by atoms with Gasteiger partial charge in [-0.15, -0.1) is 0 Å². The van der Waals surface area contributed by atoms with Gasteiger partial charge in [0.25, 0.3) is 5.91 Å². The van der Waals surface area contributed by atoms with Gasteiger partial charge in [0.1, 0.15) is 29.8 Å². The third kappa shape index (κ3) is 4.77. The molecule has 2 aromatic heterocycles. The number of amides is 1. The molecule has 0 aliphatic carbocycles. The number of rotatable bonds is 6. The number of benzene rings is 2. The Labute approximate surface area is 186 Å². The van der Waals surface area contributed by atoms with E-state index in [1.165, 1.54) is 30.7 Å². The summed E-state index contributed by atoms with van der Waals surface area (Å²) < 4.78 is 21.2. The normalized spacial score (nSPS) is 11.7. The standard InChI is InChI=1S/C22H17BrFN5O2/c1-14(15-4-7-17(8-5-15)29-13-25-12-27-29)28-21(30)18-3-2-10-26-22(18)31-20-9-6-16(24)11-19(20)23/h2-14H,1H3,(H,28,30). The van der Waals surface area contributed by atoms with Crippen molar-refractivity contribution in [2.45, 2.75) is 13.0 Å². The second-order valence-electron chi connectivity index (χ2n) is 6.66. The molecule has 1 atom stereocenters. The lowest BCUT2D eigenvalue weighted by molar-refractivity contribution is 0.0937. The van der Waals surface area contributed by atoms with Crippen LogP contribution in [0.25, 0.3) is 5.69 Å². The van der Waals surface area contributed by atoms with Crippen molar-refractivity contribution in [3.05, 3.63) is 94.9 Å². The molecule has 1 amide bonds. The summed E-state index contributed by atoms with van der Waals surface area (Å²) in [5.41, 5.74) is 2.06. The molecule has 156 valence electrons. The number of nitrogens with one attached hydrogen (secondary N) is 1. The molecular weight excluding hydrogens is 465 g/mol. The van der Waals surface area contributed by atoms with Gasteiger partial charge in [-0.05, 0) is 70.9 Å². The summed E-state index contributed by atoms with van der Waals surface area (Å²) in [5, 5.41) is 7.05. The van der Waals surface area contributed by atoms with Crippen LogP contribution in [0.2, 0.25) is 0 Å². The fourth-order valence-corrected chi connectivity index (χ4v) is 3.35. The van der Waals surface area contributed by atoms with E-state index in [1.54, 1.807) is 23.1 Å². The molecule has 31 heavy (non-hydrogen) atoms. The van der Waals surface area contributed by atoms with Crippen LogP contribution >= 0.6 is 15.9 Å². The van der Waals surface area contributed by atoms with Gasteiger partial charge in [-0.3, -0.25) is 4.79 Å². The minimum Gasteiger partial charge on any atom is -0.437 e. The molecule has 7 nitrogen and oxygen atoms in total. The van der Waals surface area contributed by atoms with Crippen molar-refractivity contribution < 1.29 is 13.9 Å². The fourth-order valence-electron chi connectivity index (χ4n) is 2.92. The largest absolute Gasteiger partial charge is 0.437 e. The Hall–Kier alpha value is -3.59. The van der Waals surface area contributed by atoms with E-state index in [4.69, 9.17) is 4.74 Å². The van der Waals surface area contributed by atoms with Crippen molar-refractivity contribution in [1.29, 1.82) is 0 Å². The summed E-state index contributed by atoms with van der Waals surface area (Å²) in [6.45, 7) is 1.88. The number of hydrogen-bond acceptors (Lipinski definition) is 5. The van der Waals surface area contributed by atoms with Gasteiger partial charge < -0.3 is 10.1 Å². The van der Waals surface area contributed by atoms with Crippen molar-refractivity contribution in [3.8, 4) is 17.3 Å². The summed E-state index contributed by atoms with van der Waals surface area (Å²) in [7, 11) is 0. The SMILES string of the molecule is CC(NC(=O)c1cccnc1Oc1ccc(F)cc1Br)c1ccc(-n2cncn2)cc1.